The number of amides is 2. The molecular weight excluding hydrogens is 350 g/mol. The third-order valence-electron chi connectivity index (χ3n) is 3.22. The van der Waals surface area contributed by atoms with Gasteiger partial charge in [-0.2, -0.15) is 0 Å². The molecule has 0 radical (unpaired) electrons. The summed E-state index contributed by atoms with van der Waals surface area (Å²) in [6.45, 7) is 1.97. The van der Waals surface area contributed by atoms with E-state index in [-0.39, 0.29) is 23.3 Å². The van der Waals surface area contributed by atoms with Crippen molar-refractivity contribution in [2.24, 2.45) is 5.73 Å². The molecule has 1 saturated heterocycles. The zero-order valence-electron chi connectivity index (χ0n) is 12.6. The highest BCUT2D eigenvalue weighted by atomic mass is 32.2. The molecule has 0 aromatic heterocycles. The monoisotopic (exact) mass is 369 g/mol. The van der Waals surface area contributed by atoms with Gasteiger partial charge in [-0.3, -0.25) is 9.59 Å². The number of likely N-dealkylation sites (tertiary alicyclic amines) is 1. The minimum absolute atomic E-state index is 0.108. The van der Waals surface area contributed by atoms with Gasteiger partial charge in [0.1, 0.15) is 4.32 Å². The molecule has 0 spiro atoms. The molecule has 1 fully saturated rings. The van der Waals surface area contributed by atoms with E-state index in [1.165, 1.54) is 23.5 Å². The highest BCUT2D eigenvalue weighted by Crippen LogP contribution is 2.27. The number of thiocarbonyl (C=S) groups is 1. The van der Waals surface area contributed by atoms with Crippen molar-refractivity contribution in [3.63, 3.8) is 0 Å². The van der Waals surface area contributed by atoms with E-state index >= 15 is 0 Å². The molecule has 2 rings (SSSR count). The molecule has 124 valence electrons. The lowest BCUT2D eigenvalue weighted by Gasteiger charge is -2.17. The van der Waals surface area contributed by atoms with Crippen LogP contribution in [-0.4, -0.2) is 45.6 Å². The van der Waals surface area contributed by atoms with Crippen LogP contribution in [0.25, 0.3) is 0 Å². The molecule has 0 aliphatic carbocycles. The molecule has 0 saturated carbocycles. The van der Waals surface area contributed by atoms with Gasteiger partial charge in [0.05, 0.1) is 17.2 Å². The molecular formula is C15H19N3O2S3. The second-order valence-electron chi connectivity index (χ2n) is 5.05. The first-order valence-electron chi connectivity index (χ1n) is 7.28. The number of nitrogens with two attached hydrogens (primary N) is 1. The molecule has 2 amide bonds. The molecule has 1 heterocycles. The van der Waals surface area contributed by atoms with Crippen LogP contribution < -0.4 is 11.1 Å². The van der Waals surface area contributed by atoms with Crippen LogP contribution in [0.3, 0.4) is 0 Å². The van der Waals surface area contributed by atoms with E-state index in [9.17, 15) is 9.59 Å². The van der Waals surface area contributed by atoms with E-state index in [0.29, 0.717) is 5.69 Å². The third-order valence-corrected chi connectivity index (χ3v) is 5.84. The summed E-state index contributed by atoms with van der Waals surface area (Å²) in [4.78, 5) is 26.0. The van der Waals surface area contributed by atoms with Crippen LogP contribution in [0.1, 0.15) is 12.8 Å². The largest absolute Gasteiger partial charge is 0.369 e. The van der Waals surface area contributed by atoms with Crippen LogP contribution in [0.5, 0.6) is 0 Å². The molecule has 1 aliphatic heterocycles. The molecule has 0 unspecified atom stereocenters. The summed E-state index contributed by atoms with van der Waals surface area (Å²) in [6.07, 6.45) is 2.33. The van der Waals surface area contributed by atoms with Crippen LogP contribution in [0, 0.1) is 0 Å². The first kappa shape index (κ1) is 18.1. The number of nitrogens with zero attached hydrogens (tertiary/aromatic N) is 1. The van der Waals surface area contributed by atoms with Gasteiger partial charge >= 0.3 is 0 Å². The smallest absolute Gasteiger partial charge is 0.234 e. The second kappa shape index (κ2) is 9.14. The zero-order valence-corrected chi connectivity index (χ0v) is 15.1. The number of anilines is 1. The lowest BCUT2D eigenvalue weighted by molar-refractivity contribution is -0.115. The lowest BCUT2D eigenvalue weighted by atomic mass is 10.3. The van der Waals surface area contributed by atoms with Crippen molar-refractivity contribution < 1.29 is 9.59 Å². The van der Waals surface area contributed by atoms with Gasteiger partial charge in [0.15, 0.2) is 0 Å². The summed E-state index contributed by atoms with van der Waals surface area (Å²) < 4.78 is 0.786. The Labute approximate surface area is 149 Å². The minimum Gasteiger partial charge on any atom is -0.369 e. The number of thioether (sulfide) groups is 2. The van der Waals surface area contributed by atoms with E-state index in [0.717, 1.165) is 35.1 Å². The van der Waals surface area contributed by atoms with Crippen LogP contribution in [0.15, 0.2) is 29.2 Å². The number of para-hydroxylation sites is 1. The molecule has 5 nitrogen and oxygen atoms in total. The Balaban J connectivity index is 1.84. The maximum Gasteiger partial charge on any atom is 0.234 e. The van der Waals surface area contributed by atoms with Crippen molar-refractivity contribution >= 4 is 57.6 Å². The maximum absolute atomic E-state index is 12.1. The van der Waals surface area contributed by atoms with Crippen LogP contribution >= 0.6 is 35.7 Å². The normalized spacial score (nSPS) is 13.8. The lowest BCUT2D eigenvalue weighted by Crippen LogP contribution is -2.25. The Kier molecular flexibility index (Phi) is 7.19. The summed E-state index contributed by atoms with van der Waals surface area (Å²) in [6, 6.07) is 7.36. The summed E-state index contributed by atoms with van der Waals surface area (Å²) in [5.74, 6) is -0.0310. The van der Waals surface area contributed by atoms with Gasteiger partial charge in [-0.15, -0.1) is 11.8 Å². The van der Waals surface area contributed by atoms with Crippen LogP contribution in [0.4, 0.5) is 5.69 Å². The molecule has 23 heavy (non-hydrogen) atoms. The number of carbonyl (C=O) groups excluding carboxylic acids is 2. The summed E-state index contributed by atoms with van der Waals surface area (Å²) in [7, 11) is 0. The Morgan fingerprint density at radius 3 is 2.61 bits per heavy atom. The Bertz CT molecular complexity index is 589. The molecule has 3 N–H and O–H groups in total. The van der Waals surface area contributed by atoms with Gasteiger partial charge in [-0.1, -0.05) is 36.1 Å². The molecule has 0 bridgehead atoms. The van der Waals surface area contributed by atoms with E-state index in [4.69, 9.17) is 18.0 Å². The van der Waals surface area contributed by atoms with Gasteiger partial charge in [0.2, 0.25) is 11.8 Å². The van der Waals surface area contributed by atoms with E-state index in [1.54, 1.807) is 0 Å². The van der Waals surface area contributed by atoms with E-state index in [2.05, 4.69) is 10.2 Å². The van der Waals surface area contributed by atoms with Gasteiger partial charge in [0, 0.05) is 18.0 Å². The van der Waals surface area contributed by atoms with Gasteiger partial charge in [-0.05, 0) is 25.0 Å². The Hall–Kier alpha value is -1.25. The Morgan fingerprint density at radius 2 is 1.91 bits per heavy atom. The highest BCUT2D eigenvalue weighted by Gasteiger charge is 2.16. The predicted octanol–water partition coefficient (Wildman–Crippen LogP) is 2.32. The van der Waals surface area contributed by atoms with Gasteiger partial charge in [0.25, 0.3) is 0 Å². The number of nitrogens with one attached hydrogen (secondary N) is 1. The van der Waals surface area contributed by atoms with Crippen molar-refractivity contribution in [2.75, 3.05) is 29.9 Å². The predicted molar refractivity (Wildman–Crippen MR) is 101 cm³/mol. The van der Waals surface area contributed by atoms with Gasteiger partial charge < -0.3 is 16.0 Å². The van der Waals surface area contributed by atoms with Crippen LogP contribution in [0.2, 0.25) is 0 Å². The first-order valence-corrected chi connectivity index (χ1v) is 9.66. The first-order chi connectivity index (χ1) is 11.1. The van der Waals surface area contributed by atoms with Crippen molar-refractivity contribution in [3.8, 4) is 0 Å². The minimum atomic E-state index is -0.386. The van der Waals surface area contributed by atoms with Crippen molar-refractivity contribution in [3.05, 3.63) is 24.3 Å². The topological polar surface area (TPSA) is 75.4 Å². The quantitative estimate of drug-likeness (QED) is 0.592. The number of hydrogen-bond acceptors (Lipinski definition) is 5. The fraction of sp³-hybridized carbons (Fsp3) is 0.400. The summed E-state index contributed by atoms with van der Waals surface area (Å²) in [5.41, 5.74) is 5.85. The van der Waals surface area contributed by atoms with Crippen molar-refractivity contribution in [2.45, 2.75) is 17.7 Å². The maximum atomic E-state index is 12.1. The molecule has 8 heteroatoms. The average Bonchev–Trinajstić information content (AvgIpc) is 3.06. The standard InChI is InChI=1S/C15H19N3O2S3/c16-13(19)9-22-12-6-2-1-5-11(12)17-14(20)10-23-15(21)18-7-3-4-8-18/h1-2,5-6H,3-4,7-10H2,(H2,16,19)(H,17,20). The van der Waals surface area contributed by atoms with Crippen molar-refractivity contribution in [1.82, 2.24) is 4.90 Å². The van der Waals surface area contributed by atoms with Crippen molar-refractivity contribution in [1.29, 1.82) is 0 Å². The summed E-state index contributed by atoms with van der Waals surface area (Å²) >= 11 is 8.05. The van der Waals surface area contributed by atoms with E-state index < -0.39 is 0 Å². The number of hydrogen-bond donors (Lipinski definition) is 2. The van der Waals surface area contributed by atoms with Crippen LogP contribution in [-0.2, 0) is 9.59 Å². The third kappa shape index (κ3) is 6.04. The molecule has 0 atom stereocenters. The SMILES string of the molecule is NC(=O)CSc1ccccc1NC(=O)CSC(=S)N1CCCC1. The van der Waals surface area contributed by atoms with Gasteiger partial charge in [-0.25, -0.2) is 0 Å². The van der Waals surface area contributed by atoms with E-state index in [1.807, 2.05) is 24.3 Å². The highest BCUT2D eigenvalue weighted by molar-refractivity contribution is 8.23. The number of benzene rings is 1. The average molecular weight is 370 g/mol. The molecule has 1 aliphatic rings. The summed E-state index contributed by atoms with van der Waals surface area (Å²) in [5, 5.41) is 2.87. The Morgan fingerprint density at radius 1 is 1.22 bits per heavy atom. The fourth-order valence-electron chi connectivity index (χ4n) is 2.15. The second-order valence-corrected chi connectivity index (χ2v) is 7.67. The number of carbonyl (C=O) groups is 2. The zero-order chi connectivity index (χ0) is 16.7. The number of primary amides is 1. The molecule has 1 aromatic carbocycles. The number of rotatable bonds is 6. The fourth-order valence-corrected chi connectivity index (χ4v) is 3.95. The molecule has 1 aromatic rings.